The second kappa shape index (κ2) is 8.04. The molecule has 1 aromatic carbocycles. The van der Waals surface area contributed by atoms with Gasteiger partial charge in [0.15, 0.2) is 11.6 Å². The van der Waals surface area contributed by atoms with Crippen LogP contribution >= 0.6 is 22.7 Å². The lowest BCUT2D eigenvalue weighted by Crippen LogP contribution is -2.01. The minimum atomic E-state index is -0.513. The first-order valence-electron chi connectivity index (χ1n) is 7.31. The summed E-state index contributed by atoms with van der Waals surface area (Å²) in [6.07, 6.45) is 2.75. The molecule has 0 aliphatic heterocycles. The zero-order valence-electron chi connectivity index (χ0n) is 13.3. The average Bonchev–Trinajstić information content (AvgIpc) is 3.29. The van der Waals surface area contributed by atoms with Gasteiger partial charge in [-0.25, -0.2) is 14.2 Å². The van der Waals surface area contributed by atoms with Gasteiger partial charge in [-0.3, -0.25) is 0 Å². The maximum Gasteiger partial charge on any atom is 0.331 e. The molecule has 7 heteroatoms. The number of halogens is 1. The molecule has 0 saturated heterocycles. The summed E-state index contributed by atoms with van der Waals surface area (Å²) in [5.74, 6) is -0.840. The van der Waals surface area contributed by atoms with E-state index in [0.717, 1.165) is 10.6 Å². The smallest absolute Gasteiger partial charge is 0.331 e. The molecule has 0 bridgehead atoms. The number of thiazole rings is 1. The molecule has 25 heavy (non-hydrogen) atoms. The van der Waals surface area contributed by atoms with E-state index in [4.69, 9.17) is 9.47 Å². The molecule has 4 nitrogen and oxygen atoms in total. The van der Waals surface area contributed by atoms with Gasteiger partial charge in [0.05, 0.1) is 12.8 Å². The zero-order chi connectivity index (χ0) is 17.6. The highest BCUT2D eigenvalue weighted by Gasteiger charge is 2.07. The second-order valence-electron chi connectivity index (χ2n) is 4.99. The SMILES string of the molecule is COc1ccc(/C=C/C(=O)OCc2csc(-c3ccsc3)n2)cc1F. The van der Waals surface area contributed by atoms with Crippen LogP contribution in [0.15, 0.2) is 46.5 Å². The molecule has 0 aliphatic carbocycles. The van der Waals surface area contributed by atoms with Gasteiger partial charge < -0.3 is 9.47 Å². The van der Waals surface area contributed by atoms with Crippen molar-refractivity contribution in [2.45, 2.75) is 6.61 Å². The molecule has 2 heterocycles. The third kappa shape index (κ3) is 4.52. The van der Waals surface area contributed by atoms with Gasteiger partial charge in [0.25, 0.3) is 0 Å². The van der Waals surface area contributed by atoms with Crippen molar-refractivity contribution in [3.05, 3.63) is 63.6 Å². The fourth-order valence-electron chi connectivity index (χ4n) is 2.04. The molecule has 3 rings (SSSR count). The molecular weight excluding hydrogens is 361 g/mol. The van der Waals surface area contributed by atoms with Crippen LogP contribution in [0.2, 0.25) is 0 Å². The summed E-state index contributed by atoms with van der Waals surface area (Å²) >= 11 is 3.11. The zero-order valence-corrected chi connectivity index (χ0v) is 14.9. The lowest BCUT2D eigenvalue weighted by atomic mass is 10.2. The largest absolute Gasteiger partial charge is 0.494 e. The maximum absolute atomic E-state index is 13.6. The number of ether oxygens (including phenoxy) is 2. The first-order chi connectivity index (χ1) is 12.2. The van der Waals surface area contributed by atoms with Crippen LogP contribution in [0, 0.1) is 5.82 Å². The van der Waals surface area contributed by atoms with Crippen molar-refractivity contribution >= 4 is 34.7 Å². The number of carbonyl (C=O) groups excluding carboxylic acids is 1. The van der Waals surface area contributed by atoms with Gasteiger partial charge in [-0.05, 0) is 35.2 Å². The van der Waals surface area contributed by atoms with Gasteiger partial charge in [-0.1, -0.05) is 6.07 Å². The maximum atomic E-state index is 13.6. The number of carbonyl (C=O) groups is 1. The Labute approximate surface area is 152 Å². The van der Waals surface area contributed by atoms with Crippen molar-refractivity contribution in [1.29, 1.82) is 0 Å². The second-order valence-corrected chi connectivity index (χ2v) is 6.63. The van der Waals surface area contributed by atoms with Crippen LogP contribution in [0.25, 0.3) is 16.6 Å². The Morgan fingerprint density at radius 3 is 2.92 bits per heavy atom. The van der Waals surface area contributed by atoms with Gasteiger partial charge in [-0.2, -0.15) is 11.3 Å². The summed E-state index contributed by atoms with van der Waals surface area (Å²) in [7, 11) is 1.40. The Balaban J connectivity index is 1.55. The average molecular weight is 375 g/mol. The molecule has 0 N–H and O–H groups in total. The van der Waals surface area contributed by atoms with Gasteiger partial charge in [-0.15, -0.1) is 11.3 Å². The Morgan fingerprint density at radius 2 is 2.20 bits per heavy atom. The van der Waals surface area contributed by atoms with E-state index in [2.05, 4.69) is 4.98 Å². The predicted molar refractivity (Wildman–Crippen MR) is 97.2 cm³/mol. The van der Waals surface area contributed by atoms with E-state index in [1.807, 2.05) is 22.2 Å². The quantitative estimate of drug-likeness (QED) is 0.460. The number of rotatable bonds is 6. The monoisotopic (exact) mass is 375 g/mol. The molecule has 0 saturated carbocycles. The fourth-order valence-corrected chi connectivity index (χ4v) is 3.55. The van der Waals surface area contributed by atoms with Crippen LogP contribution < -0.4 is 4.74 Å². The van der Waals surface area contributed by atoms with E-state index in [1.54, 1.807) is 17.4 Å². The minimum Gasteiger partial charge on any atom is -0.494 e. The molecule has 0 unspecified atom stereocenters. The Kier molecular flexibility index (Phi) is 5.57. The van der Waals surface area contributed by atoms with E-state index in [0.29, 0.717) is 11.3 Å². The molecule has 3 aromatic rings. The van der Waals surface area contributed by atoms with E-state index >= 15 is 0 Å². The molecule has 0 fully saturated rings. The number of nitrogens with zero attached hydrogens (tertiary/aromatic N) is 1. The van der Waals surface area contributed by atoms with Crippen LogP contribution in [-0.4, -0.2) is 18.1 Å². The van der Waals surface area contributed by atoms with Crippen molar-refractivity contribution in [3.8, 4) is 16.3 Å². The highest BCUT2D eigenvalue weighted by atomic mass is 32.1. The van der Waals surface area contributed by atoms with Crippen LogP contribution in [0.3, 0.4) is 0 Å². The van der Waals surface area contributed by atoms with Crippen LogP contribution in [-0.2, 0) is 16.1 Å². The van der Waals surface area contributed by atoms with Gasteiger partial charge >= 0.3 is 5.97 Å². The molecule has 0 amide bonds. The molecule has 0 spiro atoms. The van der Waals surface area contributed by atoms with Crippen molar-refractivity contribution in [3.63, 3.8) is 0 Å². The Morgan fingerprint density at radius 1 is 1.32 bits per heavy atom. The standard InChI is InChI=1S/C18H14FNO3S2/c1-22-16-4-2-12(8-15(16)19)3-5-17(21)23-9-14-11-25-18(20-14)13-6-7-24-10-13/h2-8,10-11H,9H2,1H3/b5-3+. The third-order valence-corrected chi connectivity index (χ3v) is 4.89. The van der Waals surface area contributed by atoms with Crippen molar-refractivity contribution < 1.29 is 18.7 Å². The highest BCUT2D eigenvalue weighted by molar-refractivity contribution is 7.14. The number of benzene rings is 1. The Bertz CT molecular complexity index is 888. The van der Waals surface area contributed by atoms with Gasteiger partial charge in [0, 0.05) is 22.4 Å². The number of hydrogen-bond donors (Lipinski definition) is 0. The first kappa shape index (κ1) is 17.3. The van der Waals surface area contributed by atoms with Gasteiger partial charge in [0.1, 0.15) is 11.6 Å². The molecule has 0 radical (unpaired) electrons. The summed E-state index contributed by atoms with van der Waals surface area (Å²) in [6, 6.07) is 6.44. The molecule has 0 atom stereocenters. The summed E-state index contributed by atoms with van der Waals surface area (Å²) in [5.41, 5.74) is 2.31. The lowest BCUT2D eigenvalue weighted by molar-refractivity contribution is -0.139. The van der Waals surface area contributed by atoms with E-state index in [1.165, 1.54) is 42.7 Å². The Hall–Kier alpha value is -2.51. The molecule has 128 valence electrons. The van der Waals surface area contributed by atoms with E-state index < -0.39 is 11.8 Å². The predicted octanol–water partition coefficient (Wildman–Crippen LogP) is 4.78. The number of esters is 1. The minimum absolute atomic E-state index is 0.0980. The summed E-state index contributed by atoms with van der Waals surface area (Å²) in [5, 5.41) is 6.77. The number of methoxy groups -OCH3 is 1. The number of aromatic nitrogens is 1. The van der Waals surface area contributed by atoms with Gasteiger partial charge in [0.2, 0.25) is 0 Å². The summed E-state index contributed by atoms with van der Waals surface area (Å²) in [6.45, 7) is 0.0980. The van der Waals surface area contributed by atoms with Crippen molar-refractivity contribution in [1.82, 2.24) is 4.98 Å². The van der Waals surface area contributed by atoms with Crippen LogP contribution in [0.4, 0.5) is 4.39 Å². The number of hydrogen-bond acceptors (Lipinski definition) is 6. The van der Waals surface area contributed by atoms with E-state index in [-0.39, 0.29) is 12.4 Å². The molecule has 0 aliphatic rings. The molecular formula is C18H14FNO3S2. The molecule has 2 aromatic heterocycles. The summed E-state index contributed by atoms with van der Waals surface area (Å²) < 4.78 is 23.6. The number of thiophene rings is 1. The van der Waals surface area contributed by atoms with E-state index in [9.17, 15) is 9.18 Å². The first-order valence-corrected chi connectivity index (χ1v) is 9.13. The van der Waals surface area contributed by atoms with Crippen LogP contribution in [0.1, 0.15) is 11.3 Å². The van der Waals surface area contributed by atoms with Crippen molar-refractivity contribution in [2.24, 2.45) is 0 Å². The third-order valence-electron chi connectivity index (χ3n) is 3.27. The summed E-state index contributed by atoms with van der Waals surface area (Å²) in [4.78, 5) is 16.2. The normalized spacial score (nSPS) is 11.0. The van der Waals surface area contributed by atoms with Crippen LogP contribution in [0.5, 0.6) is 5.75 Å². The highest BCUT2D eigenvalue weighted by Crippen LogP contribution is 2.26. The van der Waals surface area contributed by atoms with Crippen molar-refractivity contribution in [2.75, 3.05) is 7.11 Å². The lowest BCUT2D eigenvalue weighted by Gasteiger charge is -2.02. The topological polar surface area (TPSA) is 48.4 Å². The fraction of sp³-hybridized carbons (Fsp3) is 0.111.